The molecule has 53 heavy (non-hydrogen) atoms. The van der Waals surface area contributed by atoms with Crippen molar-refractivity contribution >= 4 is 17.1 Å². The van der Waals surface area contributed by atoms with Crippen LogP contribution in [0.5, 0.6) is 0 Å². The monoisotopic (exact) mass is 700 g/mol. The van der Waals surface area contributed by atoms with E-state index in [1.807, 2.05) is 30.3 Å². The van der Waals surface area contributed by atoms with E-state index in [1.54, 1.807) is 6.07 Å². The second-order valence-electron chi connectivity index (χ2n) is 15.0. The summed E-state index contributed by atoms with van der Waals surface area (Å²) in [6.07, 6.45) is 0.393. The molecule has 0 saturated carbocycles. The number of fused-ring (bicyclic) bond motifs is 2. The predicted octanol–water partition coefficient (Wildman–Crippen LogP) is 11.5. The Hall–Kier alpha value is -5.07. The van der Waals surface area contributed by atoms with Crippen molar-refractivity contribution in [1.82, 2.24) is 16.0 Å². The van der Waals surface area contributed by atoms with Crippen LogP contribution < -0.4 is 20.9 Å². The number of para-hydroxylation sites is 1. The Morgan fingerprint density at radius 2 is 0.887 bits per heavy atom. The van der Waals surface area contributed by atoms with Crippen LogP contribution in [0.1, 0.15) is 90.8 Å². The SMILES string of the molecule is Cc1c(C)c(C)c2c(c1C)Cc1c(C)c(C)c(C)c(C)c1N2c1ccccc1-c1cc(C2NC(c3ccccc3)NC(c3ccccc3)N2)ccc1F. The molecule has 2 atom stereocenters. The van der Waals surface area contributed by atoms with Crippen LogP contribution in [0.15, 0.2) is 103 Å². The number of nitrogens with one attached hydrogen (secondary N) is 3. The molecule has 0 amide bonds. The maximum Gasteiger partial charge on any atom is 0.131 e. The summed E-state index contributed by atoms with van der Waals surface area (Å²) in [6, 6.07) is 34.8. The third-order valence-electron chi connectivity index (χ3n) is 12.4. The van der Waals surface area contributed by atoms with Gasteiger partial charge in [-0.05, 0) is 146 Å². The van der Waals surface area contributed by atoms with Gasteiger partial charge in [-0.15, -0.1) is 0 Å². The van der Waals surface area contributed by atoms with Gasteiger partial charge >= 0.3 is 0 Å². The lowest BCUT2D eigenvalue weighted by Crippen LogP contribution is -2.54. The predicted molar refractivity (Wildman–Crippen MR) is 218 cm³/mol. The molecule has 0 bridgehead atoms. The van der Waals surface area contributed by atoms with Gasteiger partial charge in [0, 0.05) is 17.5 Å². The number of anilines is 3. The largest absolute Gasteiger partial charge is 0.309 e. The Bertz CT molecular complexity index is 2250. The van der Waals surface area contributed by atoms with Gasteiger partial charge in [0.25, 0.3) is 0 Å². The number of rotatable bonds is 5. The first kappa shape index (κ1) is 35.0. The number of hydrogen-bond donors (Lipinski definition) is 3. The Labute approximate surface area is 314 Å². The Balaban J connectivity index is 1.30. The van der Waals surface area contributed by atoms with E-state index >= 15 is 4.39 Å². The van der Waals surface area contributed by atoms with Crippen molar-refractivity contribution in [3.05, 3.63) is 181 Å². The van der Waals surface area contributed by atoms with Crippen molar-refractivity contribution < 1.29 is 4.39 Å². The zero-order chi connectivity index (χ0) is 37.1. The normalized spacial score (nSPS) is 18.1. The molecule has 6 aromatic carbocycles. The van der Waals surface area contributed by atoms with E-state index in [1.165, 1.54) is 67.0 Å². The molecule has 2 aliphatic rings. The fraction of sp³-hybridized carbons (Fsp3) is 0.250. The molecule has 2 aliphatic heterocycles. The highest BCUT2D eigenvalue weighted by Crippen LogP contribution is 2.53. The molecule has 0 radical (unpaired) electrons. The first-order valence-electron chi connectivity index (χ1n) is 18.8. The average molecular weight is 701 g/mol. The number of halogens is 1. The summed E-state index contributed by atoms with van der Waals surface area (Å²) in [4.78, 5) is 2.47. The van der Waals surface area contributed by atoms with Crippen LogP contribution >= 0.6 is 0 Å². The van der Waals surface area contributed by atoms with Crippen LogP contribution in [-0.2, 0) is 6.42 Å². The molecule has 0 aliphatic carbocycles. The zero-order valence-corrected chi connectivity index (χ0v) is 32.1. The van der Waals surface area contributed by atoms with Crippen molar-refractivity contribution in [3.8, 4) is 11.1 Å². The number of hydrogen-bond acceptors (Lipinski definition) is 4. The van der Waals surface area contributed by atoms with Crippen molar-refractivity contribution in [2.45, 2.75) is 80.3 Å². The molecule has 0 spiro atoms. The fourth-order valence-corrected chi connectivity index (χ4v) is 8.65. The minimum atomic E-state index is -0.249. The van der Waals surface area contributed by atoms with Crippen molar-refractivity contribution in [1.29, 1.82) is 0 Å². The van der Waals surface area contributed by atoms with Crippen molar-refractivity contribution in [3.63, 3.8) is 0 Å². The molecule has 268 valence electrons. The zero-order valence-electron chi connectivity index (χ0n) is 32.1. The van der Waals surface area contributed by atoms with Crippen LogP contribution in [-0.4, -0.2) is 0 Å². The lowest BCUT2D eigenvalue weighted by atomic mass is 9.80. The van der Waals surface area contributed by atoms with Gasteiger partial charge in [-0.25, -0.2) is 4.39 Å². The Morgan fingerprint density at radius 3 is 1.40 bits per heavy atom. The summed E-state index contributed by atoms with van der Waals surface area (Å²) in [6.45, 7) is 18.0. The van der Waals surface area contributed by atoms with E-state index in [0.29, 0.717) is 5.56 Å². The Morgan fingerprint density at radius 1 is 0.453 bits per heavy atom. The summed E-state index contributed by atoms with van der Waals surface area (Å²) in [7, 11) is 0. The van der Waals surface area contributed by atoms with Gasteiger partial charge in [0.2, 0.25) is 0 Å². The van der Waals surface area contributed by atoms with Crippen LogP contribution in [0.2, 0.25) is 0 Å². The molecule has 2 unspecified atom stereocenters. The smallest absolute Gasteiger partial charge is 0.131 e. The maximum absolute atomic E-state index is 16.5. The summed E-state index contributed by atoms with van der Waals surface area (Å²) in [5.74, 6) is -0.243. The van der Waals surface area contributed by atoms with Gasteiger partial charge in [0.1, 0.15) is 5.82 Å². The van der Waals surface area contributed by atoms with E-state index in [-0.39, 0.29) is 24.3 Å². The quantitative estimate of drug-likeness (QED) is 0.167. The van der Waals surface area contributed by atoms with E-state index in [9.17, 15) is 0 Å². The molecule has 1 saturated heterocycles. The highest BCUT2D eigenvalue weighted by Gasteiger charge is 2.34. The van der Waals surface area contributed by atoms with E-state index in [2.05, 4.69) is 143 Å². The molecule has 8 rings (SSSR count). The van der Waals surface area contributed by atoms with Gasteiger partial charge in [0.15, 0.2) is 0 Å². The molecule has 3 N–H and O–H groups in total. The van der Waals surface area contributed by atoms with Crippen LogP contribution in [0.3, 0.4) is 0 Å². The van der Waals surface area contributed by atoms with E-state index in [4.69, 9.17) is 0 Å². The van der Waals surface area contributed by atoms with Crippen molar-refractivity contribution in [2.24, 2.45) is 0 Å². The minimum Gasteiger partial charge on any atom is -0.309 e. The number of nitrogens with zero attached hydrogens (tertiary/aromatic N) is 1. The summed E-state index contributed by atoms with van der Waals surface area (Å²) < 4.78 is 16.5. The average Bonchev–Trinajstić information content (AvgIpc) is 3.20. The number of benzene rings is 6. The summed E-state index contributed by atoms with van der Waals surface area (Å²) in [5, 5.41) is 11.3. The van der Waals surface area contributed by atoms with Crippen molar-refractivity contribution in [2.75, 3.05) is 4.90 Å². The van der Waals surface area contributed by atoms with Gasteiger partial charge in [-0.2, -0.15) is 0 Å². The summed E-state index contributed by atoms with van der Waals surface area (Å²) >= 11 is 0. The lowest BCUT2D eigenvalue weighted by molar-refractivity contribution is 0.203. The Kier molecular flexibility index (Phi) is 9.06. The van der Waals surface area contributed by atoms with Crippen LogP contribution in [0.4, 0.5) is 21.5 Å². The minimum absolute atomic E-state index is 0.120. The highest BCUT2D eigenvalue weighted by molar-refractivity contribution is 5.95. The lowest BCUT2D eigenvalue weighted by Gasteiger charge is -2.41. The van der Waals surface area contributed by atoms with Gasteiger partial charge in [-0.3, -0.25) is 16.0 Å². The summed E-state index contributed by atoms with van der Waals surface area (Å²) in [5.41, 5.74) is 21.4. The van der Waals surface area contributed by atoms with Gasteiger partial charge < -0.3 is 4.90 Å². The van der Waals surface area contributed by atoms with Gasteiger partial charge in [-0.1, -0.05) is 84.9 Å². The molecule has 6 aromatic rings. The maximum atomic E-state index is 16.5. The second-order valence-corrected chi connectivity index (χ2v) is 15.0. The van der Waals surface area contributed by atoms with Gasteiger partial charge in [0.05, 0.1) is 35.6 Å². The molecule has 0 aromatic heterocycles. The molecular formula is C48H49FN4. The topological polar surface area (TPSA) is 39.3 Å². The second kappa shape index (κ2) is 13.7. The molecule has 2 heterocycles. The third-order valence-corrected chi connectivity index (χ3v) is 12.4. The first-order valence-corrected chi connectivity index (χ1v) is 18.8. The fourth-order valence-electron chi connectivity index (χ4n) is 8.65. The molecule has 1 fully saturated rings. The standard InChI is InChI=1S/C48H49FN4/c1-27-29(3)33(7)44-39(31(27)5)26-40-32(6)28(2)30(4)34(8)45(40)53(44)43-22-16-15-21-38(43)41-25-37(23-24-42(41)49)48-51-46(35-17-11-9-12-18-35)50-47(52-48)36-19-13-10-14-20-36/h9-25,46-48,50-52H,26H2,1-8H3. The van der Waals surface area contributed by atoms with E-state index < -0.39 is 0 Å². The van der Waals surface area contributed by atoms with Crippen LogP contribution in [0, 0.1) is 61.2 Å². The highest BCUT2D eigenvalue weighted by atomic mass is 19.1. The van der Waals surface area contributed by atoms with Crippen LogP contribution in [0.25, 0.3) is 11.1 Å². The van der Waals surface area contributed by atoms with E-state index in [0.717, 1.165) is 34.4 Å². The third kappa shape index (κ3) is 5.88. The molecule has 4 nitrogen and oxygen atoms in total. The molecule has 5 heteroatoms. The molecular weight excluding hydrogens is 652 g/mol. The first-order chi connectivity index (χ1) is 25.5.